The van der Waals surface area contributed by atoms with Crippen molar-refractivity contribution >= 4 is 11.9 Å². The maximum Gasteiger partial charge on any atom is 0.394 e. The second-order valence-corrected chi connectivity index (χ2v) is 4.01. The van der Waals surface area contributed by atoms with Gasteiger partial charge in [-0.3, -0.25) is 14.6 Å². The smallest absolute Gasteiger partial charge is 0.394 e. The van der Waals surface area contributed by atoms with E-state index in [1.807, 2.05) is 0 Å². The number of amides is 1. The van der Waals surface area contributed by atoms with E-state index in [1.165, 1.54) is 0 Å². The molecule has 3 fully saturated rings. The minimum absolute atomic E-state index is 0.274. The lowest BCUT2D eigenvalue weighted by Gasteiger charge is -2.47. The van der Waals surface area contributed by atoms with Gasteiger partial charge in [0, 0.05) is 45.3 Å². The van der Waals surface area contributed by atoms with Crippen LogP contribution in [-0.2, 0) is 9.59 Å². The average Bonchev–Trinajstić information content (AvgIpc) is 2.27. The van der Waals surface area contributed by atoms with Gasteiger partial charge in [-0.1, -0.05) is 0 Å². The molecule has 84 valence electrons. The number of rotatable bonds is 2. The Hall–Kier alpha value is -1.14. The van der Waals surface area contributed by atoms with Crippen LogP contribution in [0.4, 0.5) is 0 Å². The number of carboxylic acid groups (broad SMARTS) is 1. The Morgan fingerprint density at radius 2 is 1.93 bits per heavy atom. The van der Waals surface area contributed by atoms with Gasteiger partial charge >= 0.3 is 11.9 Å². The molecule has 3 heterocycles. The van der Waals surface area contributed by atoms with E-state index in [0.29, 0.717) is 6.54 Å². The first-order valence-electron chi connectivity index (χ1n) is 5.14. The van der Waals surface area contributed by atoms with Crippen molar-refractivity contribution in [3.8, 4) is 0 Å². The summed E-state index contributed by atoms with van der Waals surface area (Å²) in [5.41, 5.74) is 0. The summed E-state index contributed by atoms with van der Waals surface area (Å²) in [6.45, 7) is 5.58. The Morgan fingerprint density at radius 3 is 2.40 bits per heavy atom. The highest BCUT2D eigenvalue weighted by Crippen LogP contribution is 2.14. The highest BCUT2D eigenvalue weighted by Gasteiger charge is 2.32. The minimum Gasteiger partial charge on any atom is -0.474 e. The first-order valence-corrected chi connectivity index (χ1v) is 5.14. The lowest BCUT2D eigenvalue weighted by molar-refractivity contribution is -0.150. The molecule has 6 nitrogen and oxygen atoms in total. The molecule has 0 aromatic heterocycles. The molecule has 3 rings (SSSR count). The molecule has 3 aliphatic heterocycles. The van der Waals surface area contributed by atoms with Gasteiger partial charge in [-0.25, -0.2) is 4.79 Å². The molecule has 3 aliphatic rings. The number of carbonyl (C=O) groups is 2. The molecule has 15 heavy (non-hydrogen) atoms. The molecule has 1 atom stereocenters. The number of hydrogen-bond acceptors (Lipinski definition) is 4. The number of nitrogens with one attached hydrogen (secondary N) is 1. The second-order valence-electron chi connectivity index (χ2n) is 4.01. The normalized spacial score (nSPS) is 33.7. The highest BCUT2D eigenvalue weighted by molar-refractivity contribution is 6.31. The molecule has 0 aromatic carbocycles. The van der Waals surface area contributed by atoms with Gasteiger partial charge in [0.1, 0.15) is 0 Å². The standard InChI is InChI=1S/C9H15N3O3/c13-8(9(14)15)10-5-7-6-11-1-3-12(7)4-2-11/h7H,1-6H2,(H,10,13)(H,14,15). The molecule has 0 saturated carbocycles. The van der Waals surface area contributed by atoms with E-state index in [2.05, 4.69) is 15.1 Å². The zero-order valence-electron chi connectivity index (χ0n) is 8.48. The number of aliphatic carboxylic acids is 1. The number of piperazine rings is 3. The van der Waals surface area contributed by atoms with Gasteiger partial charge in [-0.2, -0.15) is 0 Å². The summed E-state index contributed by atoms with van der Waals surface area (Å²) >= 11 is 0. The van der Waals surface area contributed by atoms with Crippen LogP contribution in [-0.4, -0.2) is 72.1 Å². The zero-order chi connectivity index (χ0) is 10.8. The molecule has 2 bridgehead atoms. The Balaban J connectivity index is 1.80. The Bertz CT molecular complexity index is 274. The molecule has 1 unspecified atom stereocenters. The summed E-state index contributed by atoms with van der Waals surface area (Å²) in [6, 6.07) is 0.274. The molecule has 0 aromatic rings. The number of carboxylic acids is 1. The van der Waals surface area contributed by atoms with Crippen LogP contribution in [0.15, 0.2) is 0 Å². The van der Waals surface area contributed by atoms with E-state index in [4.69, 9.17) is 5.11 Å². The molecule has 0 radical (unpaired) electrons. The van der Waals surface area contributed by atoms with Gasteiger partial charge in [0.25, 0.3) is 0 Å². The van der Waals surface area contributed by atoms with Crippen molar-refractivity contribution < 1.29 is 14.7 Å². The Morgan fingerprint density at radius 1 is 1.27 bits per heavy atom. The van der Waals surface area contributed by atoms with Gasteiger partial charge in [-0.15, -0.1) is 0 Å². The van der Waals surface area contributed by atoms with Crippen LogP contribution in [0.2, 0.25) is 0 Å². The first kappa shape index (κ1) is 10.4. The van der Waals surface area contributed by atoms with E-state index < -0.39 is 11.9 Å². The summed E-state index contributed by atoms with van der Waals surface area (Å²) in [4.78, 5) is 25.8. The minimum atomic E-state index is -1.41. The van der Waals surface area contributed by atoms with Crippen molar-refractivity contribution in [2.45, 2.75) is 6.04 Å². The largest absolute Gasteiger partial charge is 0.474 e. The number of hydrogen-bond donors (Lipinski definition) is 2. The van der Waals surface area contributed by atoms with Gasteiger partial charge in [0.15, 0.2) is 0 Å². The van der Waals surface area contributed by atoms with E-state index in [9.17, 15) is 9.59 Å². The van der Waals surface area contributed by atoms with Crippen molar-refractivity contribution in [3.63, 3.8) is 0 Å². The topological polar surface area (TPSA) is 72.9 Å². The fraction of sp³-hybridized carbons (Fsp3) is 0.778. The Kier molecular flexibility index (Phi) is 2.88. The van der Waals surface area contributed by atoms with Crippen LogP contribution in [0, 0.1) is 0 Å². The SMILES string of the molecule is O=C(O)C(=O)NCC1CN2CCN1CC2. The highest BCUT2D eigenvalue weighted by atomic mass is 16.4. The Labute approximate surface area is 87.8 Å². The molecular formula is C9H15N3O3. The lowest BCUT2D eigenvalue weighted by atomic mass is 10.1. The van der Waals surface area contributed by atoms with E-state index in [0.717, 1.165) is 32.7 Å². The molecular weight excluding hydrogens is 198 g/mol. The molecule has 6 heteroatoms. The third kappa shape index (κ3) is 2.27. The van der Waals surface area contributed by atoms with Crippen molar-refractivity contribution in [3.05, 3.63) is 0 Å². The van der Waals surface area contributed by atoms with Crippen molar-refractivity contribution in [2.24, 2.45) is 0 Å². The number of nitrogens with zero attached hydrogens (tertiary/aromatic N) is 2. The first-order chi connectivity index (χ1) is 7.16. The van der Waals surface area contributed by atoms with Crippen LogP contribution in [0.3, 0.4) is 0 Å². The van der Waals surface area contributed by atoms with E-state index in [1.54, 1.807) is 0 Å². The summed E-state index contributed by atoms with van der Waals surface area (Å²) in [6.07, 6.45) is 0. The van der Waals surface area contributed by atoms with Crippen molar-refractivity contribution in [1.29, 1.82) is 0 Å². The maximum absolute atomic E-state index is 10.8. The summed E-state index contributed by atoms with van der Waals surface area (Å²) < 4.78 is 0. The summed E-state index contributed by atoms with van der Waals surface area (Å²) in [5.74, 6) is -2.32. The van der Waals surface area contributed by atoms with Gasteiger partial charge < -0.3 is 10.4 Å². The summed E-state index contributed by atoms with van der Waals surface area (Å²) in [7, 11) is 0. The third-order valence-electron chi connectivity index (χ3n) is 3.08. The second kappa shape index (κ2) is 4.16. The zero-order valence-corrected chi connectivity index (χ0v) is 8.48. The average molecular weight is 213 g/mol. The quantitative estimate of drug-likeness (QED) is 0.529. The number of fused-ring (bicyclic) bond motifs is 3. The number of carbonyl (C=O) groups excluding carboxylic acids is 1. The van der Waals surface area contributed by atoms with Crippen molar-refractivity contribution in [1.82, 2.24) is 15.1 Å². The van der Waals surface area contributed by atoms with Crippen LogP contribution in [0.25, 0.3) is 0 Å². The van der Waals surface area contributed by atoms with E-state index in [-0.39, 0.29) is 6.04 Å². The van der Waals surface area contributed by atoms with E-state index >= 15 is 0 Å². The maximum atomic E-state index is 10.8. The predicted octanol–water partition coefficient (Wildman–Crippen LogP) is -1.81. The molecule has 2 N–H and O–H groups in total. The third-order valence-corrected chi connectivity index (χ3v) is 3.08. The van der Waals surface area contributed by atoms with Crippen LogP contribution in [0.1, 0.15) is 0 Å². The fourth-order valence-electron chi connectivity index (χ4n) is 2.20. The van der Waals surface area contributed by atoms with Crippen LogP contribution < -0.4 is 5.32 Å². The molecule has 3 saturated heterocycles. The van der Waals surface area contributed by atoms with Gasteiger partial charge in [0.2, 0.25) is 0 Å². The lowest BCUT2D eigenvalue weighted by Crippen LogP contribution is -2.63. The molecule has 0 spiro atoms. The van der Waals surface area contributed by atoms with Crippen molar-refractivity contribution in [2.75, 3.05) is 39.3 Å². The van der Waals surface area contributed by atoms with Gasteiger partial charge in [0.05, 0.1) is 0 Å². The predicted molar refractivity (Wildman–Crippen MR) is 52.4 cm³/mol. The van der Waals surface area contributed by atoms with Gasteiger partial charge in [-0.05, 0) is 0 Å². The van der Waals surface area contributed by atoms with Crippen LogP contribution in [0.5, 0.6) is 0 Å². The molecule has 1 amide bonds. The van der Waals surface area contributed by atoms with Crippen LogP contribution >= 0.6 is 0 Å². The monoisotopic (exact) mass is 213 g/mol. The molecule has 0 aliphatic carbocycles. The fourth-order valence-corrected chi connectivity index (χ4v) is 2.20. The summed E-state index contributed by atoms with van der Waals surface area (Å²) in [5, 5.41) is 10.8.